The third kappa shape index (κ3) is 2.83. The molecule has 14 heavy (non-hydrogen) atoms. The van der Waals surface area contributed by atoms with Gasteiger partial charge in [0.25, 0.3) is 0 Å². The Hall–Kier alpha value is 0.170. The van der Waals surface area contributed by atoms with E-state index in [9.17, 15) is 9.50 Å². The Bertz CT molecular complexity index is 333. The van der Waals surface area contributed by atoms with Crippen LogP contribution in [0.2, 0.25) is 5.02 Å². The number of rotatable bonds is 3. The summed E-state index contributed by atoms with van der Waals surface area (Å²) in [4.78, 5) is 0. The summed E-state index contributed by atoms with van der Waals surface area (Å²) in [5.41, 5.74) is 0.367. The van der Waals surface area contributed by atoms with E-state index >= 15 is 0 Å². The average molecular weight is 302 g/mol. The van der Waals surface area contributed by atoms with Crippen LogP contribution < -0.4 is 0 Å². The summed E-state index contributed by atoms with van der Waals surface area (Å²) < 4.78 is 13.9. The maximum absolute atomic E-state index is 13.4. The highest BCUT2D eigenvalue weighted by Crippen LogP contribution is 2.28. The van der Waals surface area contributed by atoms with E-state index in [0.29, 0.717) is 10.0 Å². The van der Waals surface area contributed by atoms with Gasteiger partial charge >= 0.3 is 0 Å². The molecule has 0 aliphatic carbocycles. The number of halogens is 4. The summed E-state index contributed by atoms with van der Waals surface area (Å²) in [6.07, 6.45) is -0.578. The molecule has 1 rings (SSSR count). The molecular formula is C9H8BrCl2FO. The van der Waals surface area contributed by atoms with Gasteiger partial charge in [-0.2, -0.15) is 0 Å². The van der Waals surface area contributed by atoms with Gasteiger partial charge < -0.3 is 5.11 Å². The van der Waals surface area contributed by atoms with Crippen molar-refractivity contribution in [2.24, 2.45) is 0 Å². The van der Waals surface area contributed by atoms with Crippen LogP contribution in [0, 0.1) is 5.82 Å². The number of aliphatic hydroxyl groups is 1. The maximum Gasteiger partial charge on any atom is 0.146 e. The van der Waals surface area contributed by atoms with E-state index in [4.69, 9.17) is 23.2 Å². The fraction of sp³-hybridized carbons (Fsp3) is 0.333. The van der Waals surface area contributed by atoms with Crippen molar-refractivity contribution in [3.05, 3.63) is 33.0 Å². The molecule has 1 atom stereocenters. The van der Waals surface area contributed by atoms with Gasteiger partial charge in [-0.25, -0.2) is 4.39 Å². The zero-order chi connectivity index (χ0) is 10.7. The third-order valence-electron chi connectivity index (χ3n) is 1.75. The van der Waals surface area contributed by atoms with E-state index in [-0.39, 0.29) is 17.3 Å². The molecule has 1 aromatic rings. The smallest absolute Gasteiger partial charge is 0.146 e. The second-order valence-electron chi connectivity index (χ2n) is 2.85. The fourth-order valence-electron chi connectivity index (χ4n) is 1.03. The monoisotopic (exact) mass is 300 g/mol. The first kappa shape index (κ1) is 12.2. The number of aliphatic hydroxyl groups excluding tert-OH is 1. The first-order chi connectivity index (χ1) is 6.56. The summed E-state index contributed by atoms with van der Waals surface area (Å²) in [5.74, 6) is -0.433. The lowest BCUT2D eigenvalue weighted by Gasteiger charge is -2.09. The molecule has 0 spiro atoms. The maximum atomic E-state index is 13.4. The molecule has 0 fully saturated rings. The molecule has 0 aliphatic rings. The Labute approximate surface area is 100.0 Å². The highest BCUT2D eigenvalue weighted by Gasteiger charge is 2.13. The van der Waals surface area contributed by atoms with Gasteiger partial charge in [-0.05, 0) is 27.6 Å². The van der Waals surface area contributed by atoms with Crippen molar-refractivity contribution in [1.82, 2.24) is 0 Å². The van der Waals surface area contributed by atoms with E-state index in [1.807, 2.05) is 0 Å². The average Bonchev–Trinajstić information content (AvgIpc) is 2.19. The highest BCUT2D eigenvalue weighted by atomic mass is 79.9. The van der Waals surface area contributed by atoms with Crippen LogP contribution in [-0.2, 0) is 6.42 Å². The van der Waals surface area contributed by atoms with Gasteiger partial charge in [-0.1, -0.05) is 17.7 Å². The second-order valence-corrected chi connectivity index (χ2v) is 4.39. The Morgan fingerprint density at radius 2 is 2.14 bits per heavy atom. The fourth-order valence-corrected chi connectivity index (χ4v) is 1.63. The number of hydrogen-bond donors (Lipinski definition) is 1. The predicted octanol–water partition coefficient (Wildman–Crippen LogP) is 3.38. The Morgan fingerprint density at radius 1 is 1.50 bits per heavy atom. The van der Waals surface area contributed by atoms with Crippen molar-refractivity contribution in [2.45, 2.75) is 12.5 Å². The van der Waals surface area contributed by atoms with Gasteiger partial charge in [0, 0.05) is 16.8 Å². The summed E-state index contributed by atoms with van der Waals surface area (Å²) in [6.45, 7) is 0. The molecule has 0 saturated heterocycles. The lowest BCUT2D eigenvalue weighted by Crippen LogP contribution is -2.13. The molecular weight excluding hydrogens is 294 g/mol. The molecule has 0 aliphatic heterocycles. The zero-order valence-corrected chi connectivity index (χ0v) is 10.2. The lowest BCUT2D eigenvalue weighted by molar-refractivity contribution is 0.197. The van der Waals surface area contributed by atoms with Crippen LogP contribution in [0.3, 0.4) is 0 Å². The Kier molecular flexibility index (Phi) is 4.64. The van der Waals surface area contributed by atoms with E-state index in [2.05, 4.69) is 15.9 Å². The summed E-state index contributed by atoms with van der Waals surface area (Å²) in [6, 6.07) is 3.21. The first-order valence-electron chi connectivity index (χ1n) is 3.92. The molecule has 0 heterocycles. The van der Waals surface area contributed by atoms with Crippen LogP contribution in [-0.4, -0.2) is 17.1 Å². The minimum Gasteiger partial charge on any atom is -0.392 e. The highest BCUT2D eigenvalue weighted by molar-refractivity contribution is 9.10. The molecule has 0 amide bonds. The van der Waals surface area contributed by atoms with E-state index in [1.165, 1.54) is 0 Å². The van der Waals surface area contributed by atoms with Crippen molar-refractivity contribution >= 4 is 39.1 Å². The van der Waals surface area contributed by atoms with Gasteiger partial charge in [-0.3, -0.25) is 0 Å². The number of hydrogen-bond acceptors (Lipinski definition) is 1. The van der Waals surface area contributed by atoms with E-state index < -0.39 is 11.9 Å². The number of alkyl halides is 1. The Balaban J connectivity index is 2.94. The van der Waals surface area contributed by atoms with Crippen LogP contribution in [0.15, 0.2) is 16.6 Å². The molecule has 0 saturated carbocycles. The third-order valence-corrected chi connectivity index (χ3v) is 3.36. The minimum absolute atomic E-state index is 0.0317. The predicted molar refractivity (Wildman–Crippen MR) is 59.5 cm³/mol. The van der Waals surface area contributed by atoms with Crippen molar-refractivity contribution < 1.29 is 9.50 Å². The molecule has 1 aromatic carbocycles. The molecule has 78 valence electrons. The van der Waals surface area contributed by atoms with Crippen LogP contribution >= 0.6 is 39.1 Å². The van der Waals surface area contributed by atoms with Crippen molar-refractivity contribution in [3.63, 3.8) is 0 Å². The SMILES string of the molecule is OC(CCl)Cc1ccc(Br)c(Cl)c1F. The van der Waals surface area contributed by atoms with Crippen molar-refractivity contribution in [1.29, 1.82) is 0 Å². The van der Waals surface area contributed by atoms with Crippen LogP contribution in [0.1, 0.15) is 5.56 Å². The van der Waals surface area contributed by atoms with E-state index in [0.717, 1.165) is 0 Å². The van der Waals surface area contributed by atoms with Gasteiger partial charge in [0.1, 0.15) is 5.82 Å². The standard InChI is InChI=1S/C9H8BrCl2FO/c10-7-2-1-5(3-6(14)4-11)9(13)8(7)12/h1-2,6,14H,3-4H2. The molecule has 0 bridgehead atoms. The van der Waals surface area contributed by atoms with Crippen LogP contribution in [0.4, 0.5) is 4.39 Å². The molecule has 1 nitrogen and oxygen atoms in total. The first-order valence-corrected chi connectivity index (χ1v) is 5.63. The zero-order valence-electron chi connectivity index (χ0n) is 7.11. The van der Waals surface area contributed by atoms with Gasteiger partial charge in [-0.15, -0.1) is 11.6 Å². The molecule has 0 radical (unpaired) electrons. The van der Waals surface area contributed by atoms with Crippen molar-refractivity contribution in [3.8, 4) is 0 Å². The quantitative estimate of drug-likeness (QED) is 0.670. The van der Waals surface area contributed by atoms with Gasteiger partial charge in [0.15, 0.2) is 0 Å². The summed E-state index contributed by atoms with van der Waals surface area (Å²) >= 11 is 14.2. The van der Waals surface area contributed by atoms with Crippen LogP contribution in [0.5, 0.6) is 0 Å². The van der Waals surface area contributed by atoms with E-state index in [1.54, 1.807) is 12.1 Å². The van der Waals surface area contributed by atoms with Crippen LogP contribution in [0.25, 0.3) is 0 Å². The Morgan fingerprint density at radius 3 is 2.71 bits per heavy atom. The molecule has 5 heteroatoms. The van der Waals surface area contributed by atoms with Gasteiger partial charge in [0.05, 0.1) is 11.1 Å². The molecule has 0 aromatic heterocycles. The molecule has 1 unspecified atom stereocenters. The lowest BCUT2D eigenvalue weighted by atomic mass is 10.1. The van der Waals surface area contributed by atoms with Crippen molar-refractivity contribution in [2.75, 3.05) is 5.88 Å². The topological polar surface area (TPSA) is 20.2 Å². The number of benzene rings is 1. The largest absolute Gasteiger partial charge is 0.392 e. The second kappa shape index (κ2) is 5.31. The summed E-state index contributed by atoms with van der Waals surface area (Å²) in [7, 11) is 0. The summed E-state index contributed by atoms with van der Waals surface area (Å²) in [5, 5.41) is 9.27. The minimum atomic E-state index is -0.747. The normalized spacial score (nSPS) is 12.9. The van der Waals surface area contributed by atoms with Gasteiger partial charge in [0.2, 0.25) is 0 Å². The molecule has 1 N–H and O–H groups in total.